The van der Waals surface area contributed by atoms with Crippen LogP contribution in [0.4, 0.5) is 5.69 Å². The van der Waals surface area contributed by atoms with Crippen molar-refractivity contribution < 1.29 is 14.3 Å². The van der Waals surface area contributed by atoms with Crippen LogP contribution in [0, 0.1) is 0 Å². The molecule has 0 saturated carbocycles. The summed E-state index contributed by atoms with van der Waals surface area (Å²) in [6.07, 6.45) is 1.58. The number of thiophene rings is 1. The Morgan fingerprint density at radius 2 is 1.81 bits per heavy atom. The molecule has 5 rings (SSSR count). The molecule has 0 atom stereocenters. The topological polar surface area (TPSA) is 58.6 Å². The first-order chi connectivity index (χ1) is 14.9. The number of fused-ring (bicyclic) bond motifs is 3. The van der Waals surface area contributed by atoms with E-state index in [0.717, 1.165) is 26.6 Å². The van der Waals surface area contributed by atoms with E-state index in [1.54, 1.807) is 36.4 Å². The Hall–Kier alpha value is -2.71. The molecule has 5 nitrogen and oxygen atoms in total. The second-order valence-electron chi connectivity index (χ2n) is 6.87. The van der Waals surface area contributed by atoms with Crippen molar-refractivity contribution in [2.45, 2.75) is 6.61 Å². The third-order valence-corrected chi connectivity index (χ3v) is 6.80. The van der Waals surface area contributed by atoms with Gasteiger partial charge in [-0.2, -0.15) is 0 Å². The number of anilines is 1. The minimum absolute atomic E-state index is 0.00520. The van der Waals surface area contributed by atoms with Gasteiger partial charge in [0.1, 0.15) is 17.9 Å². The van der Waals surface area contributed by atoms with Gasteiger partial charge in [0.25, 0.3) is 11.8 Å². The van der Waals surface area contributed by atoms with Crippen LogP contribution in [0.3, 0.4) is 0 Å². The maximum absolute atomic E-state index is 13.2. The number of hydrogen-bond donors (Lipinski definition) is 1. The van der Waals surface area contributed by atoms with Crippen molar-refractivity contribution in [3.63, 3.8) is 0 Å². The monoisotopic (exact) mass is 486 g/mol. The van der Waals surface area contributed by atoms with Crippen molar-refractivity contribution in [3.05, 3.63) is 74.6 Å². The van der Waals surface area contributed by atoms with Gasteiger partial charge in [0, 0.05) is 30.9 Å². The highest BCUT2D eigenvalue weighted by molar-refractivity contribution is 7.80. The number of benzene rings is 2. The van der Waals surface area contributed by atoms with E-state index in [4.69, 9.17) is 40.2 Å². The number of nitrogens with one attached hydrogen (secondary N) is 1. The van der Waals surface area contributed by atoms with Crippen molar-refractivity contribution >= 4 is 75.4 Å². The largest absolute Gasteiger partial charge is 0.488 e. The number of carbonyl (C=O) groups excluding carboxylic acids is 2. The van der Waals surface area contributed by atoms with Crippen LogP contribution in [0.5, 0.6) is 5.75 Å². The van der Waals surface area contributed by atoms with Gasteiger partial charge in [0.15, 0.2) is 5.11 Å². The summed E-state index contributed by atoms with van der Waals surface area (Å²) < 4.78 is 5.79. The molecule has 2 aromatic carbocycles. The molecule has 1 saturated heterocycles. The van der Waals surface area contributed by atoms with Crippen molar-refractivity contribution in [3.8, 4) is 16.2 Å². The molecule has 154 valence electrons. The first kappa shape index (κ1) is 20.2. The molecule has 2 amide bonds. The summed E-state index contributed by atoms with van der Waals surface area (Å²) in [5, 5.41) is 3.75. The molecule has 2 aliphatic rings. The lowest BCUT2D eigenvalue weighted by Gasteiger charge is -2.28. The fourth-order valence-corrected chi connectivity index (χ4v) is 5.15. The average Bonchev–Trinajstić information content (AvgIpc) is 3.16. The van der Waals surface area contributed by atoms with Gasteiger partial charge >= 0.3 is 0 Å². The molecule has 2 aliphatic heterocycles. The number of carbonyl (C=O) groups is 2. The maximum Gasteiger partial charge on any atom is 0.270 e. The Balaban J connectivity index is 1.53. The minimum atomic E-state index is -0.536. The molecule has 1 fully saturated rings. The molecule has 31 heavy (non-hydrogen) atoms. The predicted octanol–water partition coefficient (Wildman–Crippen LogP) is 5.45. The van der Waals surface area contributed by atoms with Gasteiger partial charge in [-0.05, 0) is 66.8 Å². The van der Waals surface area contributed by atoms with Crippen LogP contribution in [0.15, 0.2) is 54.1 Å². The fraction of sp³-hybridized carbons (Fsp3) is 0.0455. The van der Waals surface area contributed by atoms with Crippen LogP contribution in [0.1, 0.15) is 10.4 Å². The zero-order valence-electron chi connectivity index (χ0n) is 15.6. The summed E-state index contributed by atoms with van der Waals surface area (Å²) in [6, 6.07) is 14.0. The molecule has 0 radical (unpaired) electrons. The lowest BCUT2D eigenvalue weighted by Crippen LogP contribution is -2.54. The minimum Gasteiger partial charge on any atom is -0.488 e. The quantitative estimate of drug-likeness (QED) is 0.297. The summed E-state index contributed by atoms with van der Waals surface area (Å²) in [4.78, 5) is 28.8. The molecule has 0 spiro atoms. The molecule has 3 aromatic rings. The standard InChI is InChI=1S/C22H12Cl2N2O3S2/c23-12-1-4-14(5-2-12)26-21(28)17(20(27)25-22(26)30)9-15-7-11-10-29-18-6-3-13(24)8-16(18)19(11)31-15/h1-9H,10H2,(H,25,27,30)/b17-9+. The maximum atomic E-state index is 13.2. The van der Waals surface area contributed by atoms with E-state index in [1.165, 1.54) is 16.2 Å². The summed E-state index contributed by atoms with van der Waals surface area (Å²) in [5.41, 5.74) is 2.38. The third kappa shape index (κ3) is 3.64. The van der Waals surface area contributed by atoms with Crippen LogP contribution < -0.4 is 15.0 Å². The second kappa shape index (κ2) is 7.76. The van der Waals surface area contributed by atoms with E-state index in [9.17, 15) is 9.59 Å². The first-order valence-electron chi connectivity index (χ1n) is 9.13. The van der Waals surface area contributed by atoms with Gasteiger partial charge < -0.3 is 4.74 Å². The number of nitrogens with zero attached hydrogens (tertiary/aromatic N) is 1. The van der Waals surface area contributed by atoms with Crippen LogP contribution in [-0.4, -0.2) is 16.9 Å². The number of rotatable bonds is 2. The Morgan fingerprint density at radius 1 is 1.06 bits per heavy atom. The third-order valence-electron chi connectivity index (χ3n) is 4.87. The first-order valence-corrected chi connectivity index (χ1v) is 11.1. The molecule has 1 N–H and O–H groups in total. The summed E-state index contributed by atoms with van der Waals surface area (Å²) in [5.74, 6) is -0.280. The van der Waals surface area contributed by atoms with E-state index >= 15 is 0 Å². The Kier molecular flexibility index (Phi) is 5.06. The average molecular weight is 487 g/mol. The predicted molar refractivity (Wildman–Crippen MR) is 127 cm³/mol. The summed E-state index contributed by atoms with van der Waals surface area (Å²) >= 11 is 18.8. The van der Waals surface area contributed by atoms with E-state index < -0.39 is 11.8 Å². The number of ether oxygens (including phenoxy) is 1. The van der Waals surface area contributed by atoms with E-state index in [-0.39, 0.29) is 10.7 Å². The number of thiocarbonyl (C=S) groups is 1. The molecule has 0 unspecified atom stereocenters. The van der Waals surface area contributed by atoms with Gasteiger partial charge in [0.2, 0.25) is 0 Å². The zero-order chi connectivity index (χ0) is 21.7. The Morgan fingerprint density at radius 3 is 2.58 bits per heavy atom. The molecule has 9 heteroatoms. The van der Waals surface area contributed by atoms with Gasteiger partial charge in [-0.1, -0.05) is 23.2 Å². The number of hydrogen-bond acceptors (Lipinski definition) is 5. The van der Waals surface area contributed by atoms with E-state index in [2.05, 4.69) is 5.32 Å². The van der Waals surface area contributed by atoms with Crippen LogP contribution >= 0.6 is 46.8 Å². The zero-order valence-corrected chi connectivity index (χ0v) is 18.8. The highest BCUT2D eigenvalue weighted by atomic mass is 35.5. The van der Waals surface area contributed by atoms with Crippen LogP contribution in [-0.2, 0) is 16.2 Å². The second-order valence-corrected chi connectivity index (χ2v) is 9.21. The summed E-state index contributed by atoms with van der Waals surface area (Å²) in [6.45, 7) is 0.408. The molecule has 1 aromatic heterocycles. The Bertz CT molecular complexity index is 1300. The normalized spacial score (nSPS) is 16.6. The van der Waals surface area contributed by atoms with Crippen molar-refractivity contribution in [2.75, 3.05) is 4.90 Å². The van der Waals surface area contributed by atoms with Crippen molar-refractivity contribution in [1.82, 2.24) is 5.32 Å². The SMILES string of the molecule is O=C1NC(=S)N(c2ccc(Cl)cc2)C(=O)/C1=C/c1cc2c(s1)-c1cc(Cl)ccc1OC2. The molecule has 3 heterocycles. The lowest BCUT2D eigenvalue weighted by molar-refractivity contribution is -0.122. The number of amides is 2. The van der Waals surface area contributed by atoms with Crippen LogP contribution in [0.2, 0.25) is 10.0 Å². The smallest absolute Gasteiger partial charge is 0.270 e. The van der Waals surface area contributed by atoms with Gasteiger partial charge in [-0.15, -0.1) is 11.3 Å². The van der Waals surface area contributed by atoms with Crippen LogP contribution in [0.25, 0.3) is 16.5 Å². The highest BCUT2D eigenvalue weighted by Gasteiger charge is 2.34. The molecular formula is C22H12Cl2N2O3S2. The van der Waals surface area contributed by atoms with E-state index in [0.29, 0.717) is 22.3 Å². The Labute approximate surface area is 196 Å². The van der Waals surface area contributed by atoms with Crippen molar-refractivity contribution in [1.29, 1.82) is 0 Å². The molecular weight excluding hydrogens is 475 g/mol. The van der Waals surface area contributed by atoms with Gasteiger partial charge in [0.05, 0.1) is 5.69 Å². The van der Waals surface area contributed by atoms with E-state index in [1.807, 2.05) is 18.2 Å². The molecule has 0 aliphatic carbocycles. The molecule has 0 bridgehead atoms. The fourth-order valence-electron chi connectivity index (χ4n) is 3.44. The van der Waals surface area contributed by atoms with Gasteiger partial charge in [-0.25, -0.2) is 0 Å². The lowest BCUT2D eigenvalue weighted by atomic mass is 10.1. The van der Waals surface area contributed by atoms with Crippen molar-refractivity contribution in [2.24, 2.45) is 0 Å². The van der Waals surface area contributed by atoms with Gasteiger partial charge in [-0.3, -0.25) is 19.8 Å². The summed E-state index contributed by atoms with van der Waals surface area (Å²) in [7, 11) is 0. The highest BCUT2D eigenvalue weighted by Crippen LogP contribution is 2.44. The number of halogens is 2.